The molecule has 0 N–H and O–H groups in total. The molecule has 1 heterocycles. The number of aryl methyl sites for hydroxylation is 1. The first-order chi connectivity index (χ1) is 11.6. The van der Waals surface area contributed by atoms with Crippen molar-refractivity contribution in [1.29, 1.82) is 0 Å². The molecule has 0 bridgehead atoms. The van der Waals surface area contributed by atoms with E-state index in [9.17, 15) is 14.0 Å². The normalized spacial score (nSPS) is 10.6. The van der Waals surface area contributed by atoms with E-state index < -0.39 is 5.82 Å². The summed E-state index contributed by atoms with van der Waals surface area (Å²) in [7, 11) is 0. The summed E-state index contributed by atoms with van der Waals surface area (Å²) in [6.07, 6.45) is 3.02. The fourth-order valence-electron chi connectivity index (χ4n) is 2.50. The van der Waals surface area contributed by atoms with Gasteiger partial charge in [-0.15, -0.1) is 0 Å². The van der Waals surface area contributed by atoms with Gasteiger partial charge in [0.1, 0.15) is 29.9 Å². The van der Waals surface area contributed by atoms with Gasteiger partial charge in [-0.2, -0.15) is 0 Å². The Bertz CT molecular complexity index is 937. The number of benzene rings is 2. The van der Waals surface area contributed by atoms with Gasteiger partial charge in [0.2, 0.25) is 0 Å². The van der Waals surface area contributed by atoms with E-state index >= 15 is 0 Å². The van der Waals surface area contributed by atoms with Crippen LogP contribution in [0.5, 0.6) is 11.5 Å². The van der Waals surface area contributed by atoms with Crippen LogP contribution in [-0.4, -0.2) is 17.6 Å². The number of aldehydes is 2. The third-order valence-electron chi connectivity index (χ3n) is 3.73. The smallest absolute Gasteiger partial charge is 0.150 e. The number of carbonyl (C=O) groups is 2. The molecule has 0 aliphatic heterocycles. The van der Waals surface area contributed by atoms with Crippen molar-refractivity contribution in [2.75, 3.05) is 0 Å². The summed E-state index contributed by atoms with van der Waals surface area (Å²) in [5.41, 5.74) is 2.22. The molecule has 0 spiro atoms. The molecule has 0 atom stereocenters. The molecule has 1 aromatic heterocycles. The average molecular weight is 323 g/mol. The van der Waals surface area contributed by atoms with Gasteiger partial charge < -0.3 is 9.53 Å². The number of ether oxygens (including phenoxy) is 1. The largest absolute Gasteiger partial charge is 0.456 e. The lowest BCUT2D eigenvalue weighted by molar-refractivity contribution is -0.107. The molecule has 0 amide bonds. The second-order valence-electron chi connectivity index (χ2n) is 5.39. The van der Waals surface area contributed by atoms with E-state index in [1.807, 2.05) is 0 Å². The third kappa shape index (κ3) is 3.01. The lowest BCUT2D eigenvalue weighted by Crippen LogP contribution is -1.97. The number of carbonyl (C=O) groups excluding carboxylic acids is 2. The number of pyridine rings is 1. The zero-order valence-corrected chi connectivity index (χ0v) is 13.0. The molecule has 120 valence electrons. The minimum Gasteiger partial charge on any atom is -0.456 e. The minimum absolute atomic E-state index is 0.0217. The Morgan fingerprint density at radius 3 is 2.71 bits per heavy atom. The van der Waals surface area contributed by atoms with Crippen LogP contribution in [-0.2, 0) is 11.2 Å². The summed E-state index contributed by atoms with van der Waals surface area (Å²) in [6, 6.07) is 9.60. The Hall–Kier alpha value is -3.08. The first-order valence-corrected chi connectivity index (χ1v) is 7.37. The first-order valence-electron chi connectivity index (χ1n) is 7.37. The molecular weight excluding hydrogens is 309 g/mol. The van der Waals surface area contributed by atoms with Crippen molar-refractivity contribution in [3.63, 3.8) is 0 Å². The van der Waals surface area contributed by atoms with Gasteiger partial charge in [0.25, 0.3) is 0 Å². The molecule has 0 fully saturated rings. The molecule has 0 saturated carbocycles. The van der Waals surface area contributed by atoms with Crippen molar-refractivity contribution in [1.82, 2.24) is 4.98 Å². The van der Waals surface area contributed by atoms with E-state index in [1.165, 1.54) is 6.07 Å². The van der Waals surface area contributed by atoms with Gasteiger partial charge in [0.15, 0.2) is 0 Å². The lowest BCUT2D eigenvalue weighted by atomic mass is 10.1. The fraction of sp³-hybridized carbons (Fsp3) is 0.105. The first kappa shape index (κ1) is 15.8. The van der Waals surface area contributed by atoms with Crippen LogP contribution in [0.2, 0.25) is 0 Å². The number of hydrogen-bond donors (Lipinski definition) is 0. The maximum atomic E-state index is 14.1. The predicted molar refractivity (Wildman–Crippen MR) is 88.1 cm³/mol. The molecule has 0 aliphatic rings. The van der Waals surface area contributed by atoms with Crippen molar-refractivity contribution in [2.24, 2.45) is 0 Å². The number of fused-ring (bicyclic) bond motifs is 1. The molecule has 0 radical (unpaired) electrons. The van der Waals surface area contributed by atoms with Crippen molar-refractivity contribution in [2.45, 2.75) is 13.3 Å². The summed E-state index contributed by atoms with van der Waals surface area (Å²) in [5, 5.41) is 0.666. The van der Waals surface area contributed by atoms with Crippen LogP contribution in [0.3, 0.4) is 0 Å². The highest BCUT2D eigenvalue weighted by molar-refractivity contribution is 5.90. The van der Waals surface area contributed by atoms with E-state index in [0.29, 0.717) is 45.4 Å². The second-order valence-corrected chi connectivity index (χ2v) is 5.39. The lowest BCUT2D eigenvalue weighted by Gasteiger charge is -2.12. The molecule has 3 aromatic rings. The van der Waals surface area contributed by atoms with Crippen LogP contribution < -0.4 is 4.74 Å². The van der Waals surface area contributed by atoms with Gasteiger partial charge in [-0.1, -0.05) is 0 Å². The van der Waals surface area contributed by atoms with Gasteiger partial charge in [-0.3, -0.25) is 9.78 Å². The topological polar surface area (TPSA) is 56.3 Å². The van der Waals surface area contributed by atoms with Crippen LogP contribution in [0.15, 0.2) is 42.6 Å². The highest BCUT2D eigenvalue weighted by Crippen LogP contribution is 2.32. The Balaban J connectivity index is 2.05. The highest BCUT2D eigenvalue weighted by Gasteiger charge is 2.11. The third-order valence-corrected chi connectivity index (χ3v) is 3.73. The van der Waals surface area contributed by atoms with Gasteiger partial charge in [0.05, 0.1) is 5.52 Å². The summed E-state index contributed by atoms with van der Waals surface area (Å²) in [4.78, 5) is 25.8. The Morgan fingerprint density at radius 1 is 1.12 bits per heavy atom. The van der Waals surface area contributed by atoms with Crippen LogP contribution in [0, 0.1) is 12.7 Å². The molecule has 24 heavy (non-hydrogen) atoms. The SMILES string of the molecule is Cc1cc(CC=O)c(F)cc1Oc1ccnc2ccc(C=O)cc12. The summed E-state index contributed by atoms with van der Waals surface area (Å²) in [5.74, 6) is 0.343. The van der Waals surface area contributed by atoms with Gasteiger partial charge in [-0.05, 0) is 48.4 Å². The quantitative estimate of drug-likeness (QED) is 0.665. The standard InChI is InChI=1S/C19H14FNO3/c1-12-8-14(5-7-22)16(20)10-19(12)24-18-4-6-21-17-3-2-13(11-23)9-15(17)18/h2-4,6-11H,5H2,1H3. The Morgan fingerprint density at radius 2 is 1.96 bits per heavy atom. The molecule has 0 unspecified atom stereocenters. The molecule has 2 aromatic carbocycles. The van der Waals surface area contributed by atoms with E-state index in [0.717, 1.165) is 6.29 Å². The van der Waals surface area contributed by atoms with Crippen LogP contribution in [0.4, 0.5) is 4.39 Å². The molecule has 4 nitrogen and oxygen atoms in total. The number of halogens is 1. The average Bonchev–Trinajstić information content (AvgIpc) is 2.59. The van der Waals surface area contributed by atoms with E-state index in [-0.39, 0.29) is 6.42 Å². The van der Waals surface area contributed by atoms with Gasteiger partial charge >= 0.3 is 0 Å². The van der Waals surface area contributed by atoms with Gasteiger partial charge in [-0.25, -0.2) is 4.39 Å². The van der Waals surface area contributed by atoms with Gasteiger partial charge in [0, 0.05) is 29.6 Å². The van der Waals surface area contributed by atoms with E-state index in [2.05, 4.69) is 4.98 Å². The monoisotopic (exact) mass is 323 g/mol. The molecule has 0 aliphatic carbocycles. The van der Waals surface area contributed by atoms with E-state index in [1.54, 1.807) is 43.5 Å². The molecular formula is C19H14FNO3. The molecule has 5 heteroatoms. The van der Waals surface area contributed by atoms with Crippen molar-refractivity contribution < 1.29 is 18.7 Å². The number of nitrogens with zero attached hydrogens (tertiary/aromatic N) is 1. The number of rotatable bonds is 5. The minimum atomic E-state index is -0.491. The Kier molecular flexibility index (Phi) is 4.33. The highest BCUT2D eigenvalue weighted by atomic mass is 19.1. The summed E-state index contributed by atoms with van der Waals surface area (Å²) >= 11 is 0. The zero-order valence-electron chi connectivity index (χ0n) is 13.0. The van der Waals surface area contributed by atoms with Crippen molar-refractivity contribution >= 4 is 23.5 Å². The van der Waals surface area contributed by atoms with Crippen molar-refractivity contribution in [3.05, 3.63) is 65.1 Å². The fourth-order valence-corrected chi connectivity index (χ4v) is 2.50. The van der Waals surface area contributed by atoms with Crippen molar-refractivity contribution in [3.8, 4) is 11.5 Å². The number of aromatic nitrogens is 1. The predicted octanol–water partition coefficient (Wildman–Crippen LogP) is 4.03. The second kappa shape index (κ2) is 6.58. The maximum absolute atomic E-state index is 14.1. The number of hydrogen-bond acceptors (Lipinski definition) is 4. The van der Waals surface area contributed by atoms with Crippen LogP contribution >= 0.6 is 0 Å². The summed E-state index contributed by atoms with van der Waals surface area (Å²) in [6.45, 7) is 1.78. The van der Waals surface area contributed by atoms with Crippen LogP contribution in [0.1, 0.15) is 21.5 Å². The zero-order chi connectivity index (χ0) is 17.1. The molecule has 3 rings (SSSR count). The van der Waals surface area contributed by atoms with E-state index in [4.69, 9.17) is 4.74 Å². The Labute approximate surface area is 137 Å². The summed E-state index contributed by atoms with van der Waals surface area (Å²) < 4.78 is 19.9. The maximum Gasteiger partial charge on any atom is 0.150 e. The van der Waals surface area contributed by atoms with Crippen LogP contribution in [0.25, 0.3) is 10.9 Å². The molecule has 0 saturated heterocycles.